The summed E-state index contributed by atoms with van der Waals surface area (Å²) in [6.45, 7) is 9.02. The summed E-state index contributed by atoms with van der Waals surface area (Å²) in [4.78, 5) is 11.2. The monoisotopic (exact) mass is 306 g/mol. The zero-order chi connectivity index (χ0) is 15.4. The highest BCUT2D eigenvalue weighted by atomic mass is 28.4. The van der Waals surface area contributed by atoms with E-state index in [4.69, 9.17) is 13.3 Å². The van der Waals surface area contributed by atoms with Gasteiger partial charge in [0.25, 0.3) is 0 Å². The van der Waals surface area contributed by atoms with E-state index < -0.39 is 20.9 Å². The standard InChI is InChI=1S/C14H30O5Si/c1-5-8-11-17-20(4,18-12-9-6-2)19-13(10-7-3)14(15)16/h13H,5-12H2,1-4H3,(H,15,16). The molecule has 1 unspecified atom stereocenters. The van der Waals surface area contributed by atoms with E-state index in [9.17, 15) is 9.90 Å². The van der Waals surface area contributed by atoms with Crippen LogP contribution in [0.15, 0.2) is 0 Å². The van der Waals surface area contributed by atoms with E-state index in [0.29, 0.717) is 19.6 Å². The number of unbranched alkanes of at least 4 members (excludes halogenated alkanes) is 2. The molecular formula is C14H30O5Si. The third-order valence-corrected chi connectivity index (χ3v) is 5.08. The molecule has 6 heteroatoms. The number of carboxylic acid groups (broad SMARTS) is 1. The van der Waals surface area contributed by atoms with Crippen LogP contribution in [0.4, 0.5) is 0 Å². The lowest BCUT2D eigenvalue weighted by Crippen LogP contribution is -2.48. The van der Waals surface area contributed by atoms with Gasteiger partial charge in [0, 0.05) is 19.8 Å². The van der Waals surface area contributed by atoms with Gasteiger partial charge in [-0.3, -0.25) is 0 Å². The molecule has 0 saturated heterocycles. The van der Waals surface area contributed by atoms with E-state index in [1.165, 1.54) is 0 Å². The van der Waals surface area contributed by atoms with Crippen LogP contribution in [0.25, 0.3) is 0 Å². The smallest absolute Gasteiger partial charge is 0.479 e. The second-order valence-corrected chi connectivity index (χ2v) is 7.54. The maximum absolute atomic E-state index is 11.2. The van der Waals surface area contributed by atoms with Gasteiger partial charge in [-0.1, -0.05) is 40.0 Å². The van der Waals surface area contributed by atoms with Gasteiger partial charge in [0.2, 0.25) is 0 Å². The fourth-order valence-corrected chi connectivity index (χ4v) is 3.65. The first-order chi connectivity index (χ1) is 9.49. The van der Waals surface area contributed by atoms with Crippen LogP contribution in [0, 0.1) is 0 Å². The van der Waals surface area contributed by atoms with Crippen LogP contribution >= 0.6 is 0 Å². The van der Waals surface area contributed by atoms with Crippen molar-refractivity contribution in [3.63, 3.8) is 0 Å². The lowest BCUT2D eigenvalue weighted by Gasteiger charge is -2.29. The van der Waals surface area contributed by atoms with Crippen molar-refractivity contribution in [2.75, 3.05) is 13.2 Å². The van der Waals surface area contributed by atoms with Gasteiger partial charge in [-0.05, 0) is 19.3 Å². The largest absolute Gasteiger partial charge is 0.498 e. The van der Waals surface area contributed by atoms with Gasteiger partial charge < -0.3 is 18.4 Å². The fraction of sp³-hybridized carbons (Fsp3) is 0.929. The predicted octanol–water partition coefficient (Wildman–Crippen LogP) is 3.46. The van der Waals surface area contributed by atoms with E-state index in [1.807, 2.05) is 6.92 Å². The molecule has 0 aliphatic rings. The van der Waals surface area contributed by atoms with E-state index >= 15 is 0 Å². The molecule has 0 fully saturated rings. The minimum Gasteiger partial charge on any atom is -0.479 e. The SMILES string of the molecule is CCCCO[Si](C)(OCCCC)OC(CCC)C(=O)O. The zero-order valence-corrected chi connectivity index (χ0v) is 14.3. The van der Waals surface area contributed by atoms with Crippen molar-refractivity contribution in [3.05, 3.63) is 0 Å². The second kappa shape index (κ2) is 11.3. The Labute approximate surface area is 124 Å². The average molecular weight is 306 g/mol. The number of carbonyl (C=O) groups is 1. The number of carboxylic acids is 1. The van der Waals surface area contributed by atoms with Crippen molar-refractivity contribution < 1.29 is 23.2 Å². The van der Waals surface area contributed by atoms with Crippen LogP contribution < -0.4 is 0 Å². The predicted molar refractivity (Wildman–Crippen MR) is 80.8 cm³/mol. The molecule has 120 valence electrons. The number of hydrogen-bond donors (Lipinski definition) is 1. The van der Waals surface area contributed by atoms with Crippen molar-refractivity contribution >= 4 is 14.8 Å². The van der Waals surface area contributed by atoms with Crippen molar-refractivity contribution in [2.45, 2.75) is 71.9 Å². The Balaban J connectivity index is 4.57. The summed E-state index contributed by atoms with van der Waals surface area (Å²) in [5.41, 5.74) is 0. The Bertz CT molecular complexity index is 250. The Morgan fingerprint density at radius 3 is 1.90 bits per heavy atom. The molecule has 0 aliphatic carbocycles. The zero-order valence-electron chi connectivity index (χ0n) is 13.3. The summed E-state index contributed by atoms with van der Waals surface area (Å²) in [7, 11) is -2.87. The molecule has 0 heterocycles. The summed E-state index contributed by atoms with van der Waals surface area (Å²) < 4.78 is 17.3. The first kappa shape index (κ1) is 19.6. The third kappa shape index (κ3) is 8.68. The van der Waals surface area contributed by atoms with E-state index in [1.54, 1.807) is 6.55 Å². The molecule has 1 atom stereocenters. The first-order valence-corrected chi connectivity index (χ1v) is 9.90. The summed E-state index contributed by atoms with van der Waals surface area (Å²) in [6, 6.07) is 0. The summed E-state index contributed by atoms with van der Waals surface area (Å²) in [5, 5.41) is 9.20. The molecule has 20 heavy (non-hydrogen) atoms. The van der Waals surface area contributed by atoms with Crippen LogP contribution in [0.1, 0.15) is 59.3 Å². The van der Waals surface area contributed by atoms with Gasteiger partial charge in [0.05, 0.1) is 0 Å². The van der Waals surface area contributed by atoms with Crippen LogP contribution in [-0.2, 0) is 18.1 Å². The molecule has 1 N–H and O–H groups in total. The quantitative estimate of drug-likeness (QED) is 0.417. The fourth-order valence-electron chi connectivity index (χ4n) is 1.67. The Morgan fingerprint density at radius 1 is 1.05 bits per heavy atom. The minimum absolute atomic E-state index is 0.478. The normalized spacial score (nSPS) is 13.4. The number of rotatable bonds is 13. The first-order valence-electron chi connectivity index (χ1n) is 7.67. The van der Waals surface area contributed by atoms with E-state index in [2.05, 4.69) is 13.8 Å². The van der Waals surface area contributed by atoms with Crippen molar-refractivity contribution in [3.8, 4) is 0 Å². The van der Waals surface area contributed by atoms with Crippen molar-refractivity contribution in [2.24, 2.45) is 0 Å². The van der Waals surface area contributed by atoms with E-state index in [-0.39, 0.29) is 0 Å². The van der Waals surface area contributed by atoms with Gasteiger partial charge in [0.1, 0.15) is 6.10 Å². The molecule has 0 amide bonds. The molecule has 0 aromatic heterocycles. The van der Waals surface area contributed by atoms with Gasteiger partial charge in [0.15, 0.2) is 0 Å². The maximum Gasteiger partial charge on any atom is 0.498 e. The van der Waals surface area contributed by atoms with Crippen molar-refractivity contribution in [1.29, 1.82) is 0 Å². The highest BCUT2D eigenvalue weighted by Crippen LogP contribution is 2.17. The summed E-state index contributed by atoms with van der Waals surface area (Å²) in [5.74, 6) is -0.941. The molecule has 0 aliphatic heterocycles. The lowest BCUT2D eigenvalue weighted by molar-refractivity contribution is -0.148. The molecule has 0 spiro atoms. The van der Waals surface area contributed by atoms with Gasteiger partial charge >= 0.3 is 14.8 Å². The van der Waals surface area contributed by atoms with Crippen molar-refractivity contribution in [1.82, 2.24) is 0 Å². The van der Waals surface area contributed by atoms with Crippen LogP contribution in [0.5, 0.6) is 0 Å². The second-order valence-electron chi connectivity index (χ2n) is 5.00. The average Bonchev–Trinajstić information content (AvgIpc) is 2.39. The Hall–Kier alpha value is -0.433. The highest BCUT2D eigenvalue weighted by molar-refractivity contribution is 6.59. The van der Waals surface area contributed by atoms with Crippen LogP contribution in [0.3, 0.4) is 0 Å². The molecular weight excluding hydrogens is 276 g/mol. The molecule has 0 radical (unpaired) electrons. The maximum atomic E-state index is 11.2. The lowest BCUT2D eigenvalue weighted by atomic mass is 10.2. The van der Waals surface area contributed by atoms with E-state index in [0.717, 1.165) is 32.1 Å². The minimum atomic E-state index is -2.87. The third-order valence-electron chi connectivity index (χ3n) is 2.91. The topological polar surface area (TPSA) is 65.0 Å². The van der Waals surface area contributed by atoms with Gasteiger partial charge in [-0.2, -0.15) is 0 Å². The molecule has 5 nitrogen and oxygen atoms in total. The highest BCUT2D eigenvalue weighted by Gasteiger charge is 2.39. The Morgan fingerprint density at radius 2 is 1.55 bits per heavy atom. The summed E-state index contributed by atoms with van der Waals surface area (Å²) in [6.07, 6.45) is 4.30. The molecule has 0 rings (SSSR count). The number of aliphatic carboxylic acids is 1. The Kier molecular flexibility index (Phi) is 11.0. The molecule has 0 aromatic rings. The number of hydrogen-bond acceptors (Lipinski definition) is 4. The molecule has 0 saturated carbocycles. The van der Waals surface area contributed by atoms with Crippen LogP contribution in [-0.4, -0.2) is 39.2 Å². The molecule has 0 aromatic carbocycles. The molecule has 0 bridgehead atoms. The van der Waals surface area contributed by atoms with Gasteiger partial charge in [-0.15, -0.1) is 0 Å². The summed E-state index contributed by atoms with van der Waals surface area (Å²) >= 11 is 0. The van der Waals surface area contributed by atoms with Crippen LogP contribution in [0.2, 0.25) is 6.55 Å². The van der Waals surface area contributed by atoms with Gasteiger partial charge in [-0.25, -0.2) is 4.79 Å².